The van der Waals surface area contributed by atoms with E-state index in [1.165, 1.54) is 11.1 Å². The average molecular weight is 262 g/mol. The summed E-state index contributed by atoms with van der Waals surface area (Å²) in [6.07, 6.45) is 0.541. The van der Waals surface area contributed by atoms with E-state index in [1.54, 1.807) is 4.90 Å². The van der Waals surface area contributed by atoms with Crippen molar-refractivity contribution >= 4 is 5.91 Å². The fourth-order valence-corrected chi connectivity index (χ4v) is 1.87. The number of hydrogen-bond donors (Lipinski definition) is 1. The highest BCUT2D eigenvalue weighted by Gasteiger charge is 2.13. The SMILES string of the molecule is Cc1ccccc1CN(C)C(=O)CCNC(C)(C)C. The molecule has 3 heteroatoms. The summed E-state index contributed by atoms with van der Waals surface area (Å²) >= 11 is 0. The number of aryl methyl sites for hydroxylation is 1. The molecule has 0 radical (unpaired) electrons. The number of amides is 1. The molecule has 0 spiro atoms. The Morgan fingerprint density at radius 3 is 2.47 bits per heavy atom. The second-order valence-electron chi connectivity index (χ2n) is 6.10. The van der Waals surface area contributed by atoms with E-state index in [0.29, 0.717) is 13.0 Å². The molecule has 1 amide bonds. The van der Waals surface area contributed by atoms with Crippen molar-refractivity contribution < 1.29 is 4.79 Å². The molecule has 0 aliphatic heterocycles. The number of rotatable bonds is 5. The minimum absolute atomic E-state index is 0.0644. The Morgan fingerprint density at radius 2 is 1.89 bits per heavy atom. The van der Waals surface area contributed by atoms with Crippen molar-refractivity contribution in [1.82, 2.24) is 10.2 Å². The van der Waals surface area contributed by atoms with Crippen LogP contribution in [0, 0.1) is 6.92 Å². The zero-order valence-corrected chi connectivity index (χ0v) is 12.8. The molecule has 0 fully saturated rings. The summed E-state index contributed by atoms with van der Waals surface area (Å²) in [4.78, 5) is 13.8. The van der Waals surface area contributed by atoms with Crippen molar-refractivity contribution in [2.75, 3.05) is 13.6 Å². The lowest BCUT2D eigenvalue weighted by atomic mass is 10.1. The Hall–Kier alpha value is -1.35. The fourth-order valence-electron chi connectivity index (χ4n) is 1.87. The van der Waals surface area contributed by atoms with Gasteiger partial charge in [-0.15, -0.1) is 0 Å². The zero-order valence-electron chi connectivity index (χ0n) is 12.8. The van der Waals surface area contributed by atoms with E-state index in [9.17, 15) is 4.79 Å². The summed E-state index contributed by atoms with van der Waals surface area (Å²) in [5.74, 6) is 0.181. The predicted octanol–water partition coefficient (Wildman–Crippen LogP) is 2.73. The van der Waals surface area contributed by atoms with Crippen molar-refractivity contribution in [3.8, 4) is 0 Å². The number of nitrogens with zero attached hydrogens (tertiary/aromatic N) is 1. The van der Waals surface area contributed by atoms with Crippen molar-refractivity contribution in [3.63, 3.8) is 0 Å². The summed E-state index contributed by atoms with van der Waals surface area (Å²) in [7, 11) is 1.87. The fraction of sp³-hybridized carbons (Fsp3) is 0.562. The van der Waals surface area contributed by atoms with Gasteiger partial charge in [0.2, 0.25) is 5.91 Å². The molecule has 106 valence electrons. The van der Waals surface area contributed by atoms with E-state index in [0.717, 1.165) is 6.54 Å². The summed E-state index contributed by atoms with van der Waals surface area (Å²) < 4.78 is 0. The van der Waals surface area contributed by atoms with E-state index in [2.05, 4.69) is 45.1 Å². The van der Waals surface area contributed by atoms with Gasteiger partial charge in [0.15, 0.2) is 0 Å². The van der Waals surface area contributed by atoms with Gasteiger partial charge < -0.3 is 10.2 Å². The summed E-state index contributed by atoms with van der Waals surface area (Å²) in [5.41, 5.74) is 2.51. The first kappa shape index (κ1) is 15.7. The van der Waals surface area contributed by atoms with Crippen LogP contribution < -0.4 is 5.32 Å². The first-order valence-corrected chi connectivity index (χ1v) is 6.83. The Labute approximate surface area is 117 Å². The topological polar surface area (TPSA) is 32.3 Å². The zero-order chi connectivity index (χ0) is 14.5. The quantitative estimate of drug-likeness (QED) is 0.885. The molecule has 0 heterocycles. The van der Waals surface area contributed by atoms with Gasteiger partial charge in [-0.05, 0) is 38.8 Å². The molecule has 19 heavy (non-hydrogen) atoms. The lowest BCUT2D eigenvalue weighted by molar-refractivity contribution is -0.130. The van der Waals surface area contributed by atoms with Gasteiger partial charge in [0.1, 0.15) is 0 Å². The molecule has 0 aliphatic rings. The lowest BCUT2D eigenvalue weighted by Gasteiger charge is -2.22. The number of hydrogen-bond acceptors (Lipinski definition) is 2. The van der Waals surface area contributed by atoms with Crippen molar-refractivity contribution in [2.24, 2.45) is 0 Å². The third-order valence-corrected chi connectivity index (χ3v) is 3.09. The predicted molar refractivity (Wildman–Crippen MR) is 80.0 cm³/mol. The van der Waals surface area contributed by atoms with Gasteiger partial charge in [0, 0.05) is 32.1 Å². The summed E-state index contributed by atoms with van der Waals surface area (Å²) in [6, 6.07) is 8.19. The third kappa shape index (κ3) is 5.88. The van der Waals surface area contributed by atoms with Crippen molar-refractivity contribution in [3.05, 3.63) is 35.4 Å². The highest BCUT2D eigenvalue weighted by Crippen LogP contribution is 2.10. The van der Waals surface area contributed by atoms with Crippen LogP contribution in [-0.2, 0) is 11.3 Å². The number of nitrogens with one attached hydrogen (secondary N) is 1. The monoisotopic (exact) mass is 262 g/mol. The first-order valence-electron chi connectivity index (χ1n) is 6.83. The van der Waals surface area contributed by atoms with Crippen LogP contribution in [-0.4, -0.2) is 29.9 Å². The summed E-state index contributed by atoms with van der Waals surface area (Å²) in [6.45, 7) is 9.80. The van der Waals surface area contributed by atoms with E-state index >= 15 is 0 Å². The molecule has 1 aromatic carbocycles. The van der Waals surface area contributed by atoms with Gasteiger partial charge in [0.25, 0.3) is 0 Å². The first-order chi connectivity index (χ1) is 8.79. The van der Waals surface area contributed by atoms with E-state index < -0.39 is 0 Å². The highest BCUT2D eigenvalue weighted by molar-refractivity contribution is 5.76. The second kappa shape index (κ2) is 6.71. The molecule has 0 aromatic heterocycles. The minimum Gasteiger partial charge on any atom is -0.341 e. The molecule has 0 atom stereocenters. The molecule has 1 aromatic rings. The Bertz CT molecular complexity index is 421. The molecular weight excluding hydrogens is 236 g/mol. The highest BCUT2D eigenvalue weighted by atomic mass is 16.2. The van der Waals surface area contributed by atoms with Crippen LogP contribution in [0.4, 0.5) is 0 Å². The molecule has 0 saturated heterocycles. The molecule has 0 unspecified atom stereocenters. The normalized spacial score (nSPS) is 11.4. The largest absolute Gasteiger partial charge is 0.341 e. The summed E-state index contributed by atoms with van der Waals surface area (Å²) in [5, 5.41) is 3.34. The van der Waals surface area contributed by atoms with Gasteiger partial charge >= 0.3 is 0 Å². The van der Waals surface area contributed by atoms with E-state index in [4.69, 9.17) is 0 Å². The smallest absolute Gasteiger partial charge is 0.223 e. The van der Waals surface area contributed by atoms with Crippen LogP contribution in [0.2, 0.25) is 0 Å². The van der Waals surface area contributed by atoms with Crippen LogP contribution in [0.5, 0.6) is 0 Å². The number of carbonyl (C=O) groups is 1. The van der Waals surface area contributed by atoms with Crippen molar-refractivity contribution in [2.45, 2.75) is 46.2 Å². The Balaban J connectivity index is 2.43. The Kier molecular flexibility index (Phi) is 5.55. The lowest BCUT2D eigenvalue weighted by Crippen LogP contribution is -2.38. The van der Waals surface area contributed by atoms with Gasteiger partial charge in [-0.3, -0.25) is 4.79 Å². The van der Waals surface area contributed by atoms with Gasteiger partial charge in [-0.25, -0.2) is 0 Å². The molecule has 1 rings (SSSR count). The van der Waals surface area contributed by atoms with Gasteiger partial charge in [-0.1, -0.05) is 24.3 Å². The molecule has 0 bridgehead atoms. The molecule has 0 aliphatic carbocycles. The van der Waals surface area contributed by atoms with Crippen LogP contribution >= 0.6 is 0 Å². The van der Waals surface area contributed by atoms with Crippen LogP contribution in [0.25, 0.3) is 0 Å². The van der Waals surface area contributed by atoms with Crippen LogP contribution in [0.3, 0.4) is 0 Å². The van der Waals surface area contributed by atoms with E-state index in [-0.39, 0.29) is 11.4 Å². The number of benzene rings is 1. The average Bonchev–Trinajstić information content (AvgIpc) is 2.30. The van der Waals surface area contributed by atoms with E-state index in [1.807, 2.05) is 19.2 Å². The molecule has 3 nitrogen and oxygen atoms in total. The van der Waals surface area contributed by atoms with Gasteiger partial charge in [0.05, 0.1) is 0 Å². The minimum atomic E-state index is 0.0644. The van der Waals surface area contributed by atoms with Gasteiger partial charge in [-0.2, -0.15) is 0 Å². The standard InChI is InChI=1S/C16H26N2O/c1-13-8-6-7-9-14(13)12-18(5)15(19)10-11-17-16(2,3)4/h6-9,17H,10-12H2,1-5H3. The number of carbonyl (C=O) groups excluding carboxylic acids is 1. The third-order valence-electron chi connectivity index (χ3n) is 3.09. The maximum absolute atomic E-state index is 12.0. The maximum atomic E-state index is 12.0. The second-order valence-corrected chi connectivity index (χ2v) is 6.10. The molecule has 1 N–H and O–H groups in total. The van der Waals surface area contributed by atoms with Crippen molar-refractivity contribution in [1.29, 1.82) is 0 Å². The Morgan fingerprint density at radius 1 is 1.26 bits per heavy atom. The van der Waals surface area contributed by atoms with Crippen LogP contribution in [0.1, 0.15) is 38.3 Å². The maximum Gasteiger partial charge on any atom is 0.223 e. The molecular formula is C16H26N2O. The molecule has 0 saturated carbocycles. The van der Waals surface area contributed by atoms with Crippen LogP contribution in [0.15, 0.2) is 24.3 Å².